The van der Waals surface area contributed by atoms with Crippen molar-refractivity contribution in [1.29, 1.82) is 0 Å². The highest BCUT2D eigenvalue weighted by Gasteiger charge is 2.26. The Morgan fingerprint density at radius 1 is 1.36 bits per heavy atom. The number of urea groups is 1. The number of rotatable bonds is 0. The first-order valence-electron chi connectivity index (χ1n) is 3.57. The van der Waals surface area contributed by atoms with Gasteiger partial charge in [0.2, 0.25) is 5.91 Å². The first-order chi connectivity index (χ1) is 4.99. The van der Waals surface area contributed by atoms with Crippen LogP contribution in [0.5, 0.6) is 0 Å². The summed E-state index contributed by atoms with van der Waals surface area (Å²) in [5, 5.41) is 4.80. The molecule has 0 bridgehead atoms. The third kappa shape index (κ3) is 2.22. The zero-order valence-electron chi connectivity index (χ0n) is 6.73. The van der Waals surface area contributed by atoms with E-state index in [-0.39, 0.29) is 17.4 Å². The van der Waals surface area contributed by atoms with Crippen LogP contribution >= 0.6 is 0 Å². The van der Waals surface area contributed by atoms with Crippen molar-refractivity contribution in [1.82, 2.24) is 10.6 Å². The molecule has 1 saturated heterocycles. The Kier molecular flexibility index (Phi) is 1.85. The summed E-state index contributed by atoms with van der Waals surface area (Å²) in [5.41, 5.74) is -0.129. The Morgan fingerprint density at radius 3 is 2.64 bits per heavy atom. The molecule has 0 saturated carbocycles. The minimum atomic E-state index is -0.388. The summed E-state index contributed by atoms with van der Waals surface area (Å²) in [6, 6.07) is -0.388. The fourth-order valence-electron chi connectivity index (χ4n) is 1.03. The zero-order chi connectivity index (χ0) is 8.48. The molecule has 0 aliphatic carbocycles. The summed E-state index contributed by atoms with van der Waals surface area (Å²) in [6.07, 6.45) is 0.395. The van der Waals surface area contributed by atoms with Gasteiger partial charge in [-0.1, -0.05) is 13.8 Å². The van der Waals surface area contributed by atoms with Gasteiger partial charge in [-0.05, 0) is 5.41 Å². The molecule has 0 atom stereocenters. The van der Waals surface area contributed by atoms with Crippen LogP contribution in [-0.2, 0) is 4.79 Å². The monoisotopic (exact) mass is 156 g/mol. The minimum absolute atomic E-state index is 0.129. The molecule has 0 spiro atoms. The number of imide groups is 1. The number of hydrogen-bond donors (Lipinski definition) is 2. The summed E-state index contributed by atoms with van der Waals surface area (Å²) in [5.74, 6) is -0.204. The molecule has 0 aromatic carbocycles. The summed E-state index contributed by atoms with van der Waals surface area (Å²) < 4.78 is 0. The Balaban J connectivity index is 2.68. The van der Waals surface area contributed by atoms with Gasteiger partial charge in [-0.25, -0.2) is 4.79 Å². The standard InChI is InChI=1S/C7H12N2O2/c1-7(2)3-5(10)9-6(11)8-4-7/h3-4H2,1-2H3,(H2,8,9,10,11). The molecular weight excluding hydrogens is 144 g/mol. The highest BCUT2D eigenvalue weighted by atomic mass is 16.2. The fraction of sp³-hybridized carbons (Fsp3) is 0.714. The molecule has 62 valence electrons. The van der Waals surface area contributed by atoms with E-state index in [1.165, 1.54) is 0 Å². The Hall–Kier alpha value is -1.06. The molecule has 0 unspecified atom stereocenters. The average molecular weight is 156 g/mol. The number of carbonyl (C=O) groups is 2. The van der Waals surface area contributed by atoms with E-state index in [0.717, 1.165) is 0 Å². The SMILES string of the molecule is CC1(C)CNC(=O)NC(=O)C1. The molecule has 0 aromatic heterocycles. The van der Waals surface area contributed by atoms with E-state index in [1.54, 1.807) is 0 Å². The van der Waals surface area contributed by atoms with Crippen LogP contribution in [0.15, 0.2) is 0 Å². The molecule has 11 heavy (non-hydrogen) atoms. The predicted molar refractivity (Wildman–Crippen MR) is 39.9 cm³/mol. The predicted octanol–water partition coefficient (Wildman–Crippen LogP) is 0.242. The average Bonchev–Trinajstić information content (AvgIpc) is 1.90. The van der Waals surface area contributed by atoms with Crippen LogP contribution in [0.4, 0.5) is 4.79 Å². The van der Waals surface area contributed by atoms with Gasteiger partial charge in [-0.3, -0.25) is 10.1 Å². The van der Waals surface area contributed by atoms with E-state index in [9.17, 15) is 9.59 Å². The van der Waals surface area contributed by atoms with Crippen molar-refractivity contribution < 1.29 is 9.59 Å². The molecule has 0 aromatic rings. The topological polar surface area (TPSA) is 58.2 Å². The number of carbonyl (C=O) groups excluding carboxylic acids is 2. The Labute approximate surface area is 65.3 Å². The highest BCUT2D eigenvalue weighted by Crippen LogP contribution is 2.19. The lowest BCUT2D eigenvalue weighted by Gasteiger charge is -2.19. The number of nitrogens with one attached hydrogen (secondary N) is 2. The van der Waals surface area contributed by atoms with Crippen LogP contribution in [-0.4, -0.2) is 18.5 Å². The quantitative estimate of drug-likeness (QED) is 0.528. The maximum Gasteiger partial charge on any atom is 0.321 e. The van der Waals surface area contributed by atoms with Crippen molar-refractivity contribution >= 4 is 11.9 Å². The second-order valence-corrected chi connectivity index (χ2v) is 3.57. The molecule has 4 heteroatoms. The summed E-state index contributed by atoms with van der Waals surface area (Å²) >= 11 is 0. The molecule has 1 fully saturated rings. The van der Waals surface area contributed by atoms with Crippen molar-refractivity contribution in [3.8, 4) is 0 Å². The molecular formula is C7H12N2O2. The molecule has 1 rings (SSSR count). The molecule has 2 N–H and O–H groups in total. The van der Waals surface area contributed by atoms with E-state index in [2.05, 4.69) is 10.6 Å². The highest BCUT2D eigenvalue weighted by molar-refractivity contribution is 5.95. The zero-order valence-corrected chi connectivity index (χ0v) is 6.73. The normalized spacial score (nSPS) is 23.5. The largest absolute Gasteiger partial charge is 0.337 e. The smallest absolute Gasteiger partial charge is 0.321 e. The van der Waals surface area contributed by atoms with Gasteiger partial charge < -0.3 is 5.32 Å². The van der Waals surface area contributed by atoms with E-state index in [1.807, 2.05) is 13.8 Å². The summed E-state index contributed by atoms with van der Waals surface area (Å²) in [4.78, 5) is 21.7. The number of hydrogen-bond acceptors (Lipinski definition) is 2. The first-order valence-corrected chi connectivity index (χ1v) is 3.57. The molecule has 1 heterocycles. The van der Waals surface area contributed by atoms with Crippen LogP contribution in [0.2, 0.25) is 0 Å². The summed E-state index contributed by atoms with van der Waals surface area (Å²) in [7, 11) is 0. The Morgan fingerprint density at radius 2 is 2.00 bits per heavy atom. The third-order valence-corrected chi connectivity index (χ3v) is 1.62. The van der Waals surface area contributed by atoms with Gasteiger partial charge in [0.05, 0.1) is 0 Å². The third-order valence-electron chi connectivity index (χ3n) is 1.62. The van der Waals surface area contributed by atoms with Gasteiger partial charge in [0, 0.05) is 13.0 Å². The van der Waals surface area contributed by atoms with Gasteiger partial charge in [0.25, 0.3) is 0 Å². The van der Waals surface area contributed by atoms with Crippen molar-refractivity contribution in [3.05, 3.63) is 0 Å². The van der Waals surface area contributed by atoms with Gasteiger partial charge in [-0.2, -0.15) is 0 Å². The van der Waals surface area contributed by atoms with Gasteiger partial charge >= 0.3 is 6.03 Å². The maximum absolute atomic E-state index is 10.9. The van der Waals surface area contributed by atoms with Gasteiger partial charge in [0.15, 0.2) is 0 Å². The van der Waals surface area contributed by atoms with E-state index in [4.69, 9.17) is 0 Å². The molecule has 1 aliphatic rings. The second-order valence-electron chi connectivity index (χ2n) is 3.57. The van der Waals surface area contributed by atoms with E-state index < -0.39 is 0 Å². The Bertz CT molecular complexity index is 199. The van der Waals surface area contributed by atoms with Crippen molar-refractivity contribution in [3.63, 3.8) is 0 Å². The van der Waals surface area contributed by atoms with Gasteiger partial charge in [-0.15, -0.1) is 0 Å². The van der Waals surface area contributed by atoms with Crippen molar-refractivity contribution in [2.24, 2.45) is 5.41 Å². The maximum atomic E-state index is 10.9. The van der Waals surface area contributed by atoms with Crippen LogP contribution < -0.4 is 10.6 Å². The van der Waals surface area contributed by atoms with Gasteiger partial charge in [0.1, 0.15) is 0 Å². The minimum Gasteiger partial charge on any atom is -0.337 e. The molecule has 0 radical (unpaired) electrons. The van der Waals surface area contributed by atoms with E-state index >= 15 is 0 Å². The van der Waals surface area contributed by atoms with Crippen molar-refractivity contribution in [2.45, 2.75) is 20.3 Å². The molecule has 3 amide bonds. The van der Waals surface area contributed by atoms with E-state index in [0.29, 0.717) is 13.0 Å². The van der Waals surface area contributed by atoms with Crippen LogP contribution in [0.1, 0.15) is 20.3 Å². The molecule has 4 nitrogen and oxygen atoms in total. The first kappa shape index (κ1) is 8.04. The van der Waals surface area contributed by atoms with Crippen molar-refractivity contribution in [2.75, 3.05) is 6.54 Å². The van der Waals surface area contributed by atoms with Crippen LogP contribution in [0.3, 0.4) is 0 Å². The lowest BCUT2D eigenvalue weighted by atomic mass is 9.89. The number of amides is 3. The lowest BCUT2D eigenvalue weighted by Crippen LogP contribution is -2.36. The van der Waals surface area contributed by atoms with Crippen LogP contribution in [0.25, 0.3) is 0 Å². The summed E-state index contributed by atoms with van der Waals surface area (Å²) in [6.45, 7) is 4.43. The van der Waals surface area contributed by atoms with Crippen LogP contribution in [0, 0.1) is 5.41 Å². The fourth-order valence-corrected chi connectivity index (χ4v) is 1.03. The second kappa shape index (κ2) is 2.53. The lowest BCUT2D eigenvalue weighted by molar-refractivity contribution is -0.121. The molecule has 1 aliphatic heterocycles.